The first-order valence-electron chi connectivity index (χ1n) is 11.1. The molecule has 1 aliphatic carbocycles. The molecule has 3 heterocycles. The second-order valence-corrected chi connectivity index (χ2v) is 13.6. The molecule has 7 heteroatoms. The van der Waals surface area contributed by atoms with E-state index in [1.165, 1.54) is 0 Å². The Kier molecular flexibility index (Phi) is 6.61. The summed E-state index contributed by atoms with van der Waals surface area (Å²) in [5, 5.41) is 0. The lowest BCUT2D eigenvalue weighted by Gasteiger charge is -2.53. The molecule has 3 aliphatic heterocycles. The van der Waals surface area contributed by atoms with Crippen molar-refractivity contribution in [2.24, 2.45) is 11.3 Å². The van der Waals surface area contributed by atoms with E-state index < -0.39 is 32.0 Å². The summed E-state index contributed by atoms with van der Waals surface area (Å²) in [6.45, 7) is 13.0. The van der Waals surface area contributed by atoms with Gasteiger partial charge in [0.2, 0.25) is 5.41 Å². The molecule has 0 saturated carbocycles. The van der Waals surface area contributed by atoms with Gasteiger partial charge in [0, 0.05) is 18.9 Å². The molecule has 6 nitrogen and oxygen atoms in total. The number of unbranched alkanes of at least 4 members (excludes halogenated alkanes) is 1. The van der Waals surface area contributed by atoms with Crippen LogP contribution in [-0.2, 0) is 27.9 Å². The van der Waals surface area contributed by atoms with Crippen LogP contribution in [0.5, 0.6) is 0 Å². The van der Waals surface area contributed by atoms with E-state index in [-0.39, 0.29) is 29.2 Å². The molecule has 0 aromatic carbocycles. The zero-order chi connectivity index (χ0) is 21.4. The van der Waals surface area contributed by atoms with Crippen molar-refractivity contribution in [1.29, 1.82) is 0 Å². The van der Waals surface area contributed by atoms with Crippen molar-refractivity contribution < 1.29 is 27.9 Å². The van der Waals surface area contributed by atoms with E-state index in [0.717, 1.165) is 19.3 Å². The number of cyclic esters (lactones) is 1. The number of fused-ring (bicyclic) bond motifs is 1. The first kappa shape index (κ1) is 22.5. The number of carbonyl (C=O) groups is 2. The molecule has 5 atom stereocenters. The van der Waals surface area contributed by atoms with Crippen LogP contribution >= 0.6 is 0 Å². The molecule has 1 spiro atoms. The summed E-state index contributed by atoms with van der Waals surface area (Å²) in [5.74, 6) is -1.17. The van der Waals surface area contributed by atoms with Crippen molar-refractivity contribution in [3.8, 4) is 0 Å². The highest BCUT2D eigenvalue weighted by molar-refractivity contribution is 6.70. The predicted octanol–water partition coefficient (Wildman–Crippen LogP) is 4.27. The van der Waals surface area contributed by atoms with Gasteiger partial charge in [-0.3, -0.25) is 9.59 Å². The highest BCUT2D eigenvalue weighted by atomic mass is 28.4. The largest absolute Gasteiger partial charge is 0.461 e. The third-order valence-corrected chi connectivity index (χ3v) is 11.2. The van der Waals surface area contributed by atoms with Crippen LogP contribution in [0.2, 0.25) is 11.1 Å². The Balaban J connectivity index is 2.13. The number of hydrogen-bond acceptors (Lipinski definition) is 6. The minimum absolute atomic E-state index is 0.0760. The monoisotopic (exact) mass is 424 g/mol. The normalized spacial score (nSPS) is 36.7. The molecule has 4 rings (SSSR count). The standard InChI is InChI=1S/C22H36O6Si/c1-7-8-9-17-18-10-12-22(21(24)27-18)19(17)28-29(14(2)3,15(4)5)25-13-11-16(6)26-20(22)23/h10,12,14-19H,7-9,11,13H2,1-6H3/t16-,17+,18+,19+,22-/m1/s1. The zero-order valence-electron chi connectivity index (χ0n) is 18.6. The molecule has 0 radical (unpaired) electrons. The first-order valence-corrected chi connectivity index (χ1v) is 13.1. The molecular weight excluding hydrogens is 388 g/mol. The second-order valence-electron chi connectivity index (χ2n) is 9.33. The Hall–Kier alpha value is -1.18. The zero-order valence-corrected chi connectivity index (χ0v) is 19.6. The topological polar surface area (TPSA) is 71.1 Å². The van der Waals surface area contributed by atoms with Crippen LogP contribution in [0.25, 0.3) is 0 Å². The minimum Gasteiger partial charge on any atom is -0.461 e. The Labute approximate surface area is 175 Å². The smallest absolute Gasteiger partial charge is 0.343 e. The number of ether oxygens (including phenoxy) is 2. The predicted molar refractivity (Wildman–Crippen MR) is 111 cm³/mol. The first-order chi connectivity index (χ1) is 13.7. The van der Waals surface area contributed by atoms with Gasteiger partial charge in [-0.05, 0) is 30.5 Å². The number of esters is 2. The molecule has 0 aromatic heterocycles. The Morgan fingerprint density at radius 1 is 1.14 bits per heavy atom. The van der Waals surface area contributed by atoms with Crippen molar-refractivity contribution in [3.63, 3.8) is 0 Å². The molecule has 29 heavy (non-hydrogen) atoms. The minimum atomic E-state index is -2.74. The molecule has 2 fully saturated rings. The molecule has 0 aromatic rings. The van der Waals surface area contributed by atoms with Crippen molar-refractivity contribution in [1.82, 2.24) is 0 Å². The molecule has 2 saturated heterocycles. The summed E-state index contributed by atoms with van der Waals surface area (Å²) in [4.78, 5) is 26.4. The summed E-state index contributed by atoms with van der Waals surface area (Å²) in [5.41, 5.74) is -1.18. The third-order valence-electron chi connectivity index (χ3n) is 6.70. The molecule has 164 valence electrons. The summed E-state index contributed by atoms with van der Waals surface area (Å²) in [6, 6.07) is 0. The molecule has 0 unspecified atom stereocenters. The van der Waals surface area contributed by atoms with Crippen molar-refractivity contribution in [2.75, 3.05) is 6.61 Å². The van der Waals surface area contributed by atoms with Gasteiger partial charge in [0.1, 0.15) is 12.2 Å². The maximum atomic E-state index is 13.4. The van der Waals surface area contributed by atoms with Crippen LogP contribution in [0.1, 0.15) is 67.2 Å². The van der Waals surface area contributed by atoms with E-state index in [9.17, 15) is 9.59 Å². The van der Waals surface area contributed by atoms with E-state index in [0.29, 0.717) is 13.0 Å². The molecule has 0 N–H and O–H groups in total. The SMILES string of the molecule is CCCC[C@H]1[C@@H]2C=C[C@@]3(C(=O)O[C@H](C)CCO[Si](C(C)C)(C(C)C)O[C@@H]13)C(=O)O2. The summed E-state index contributed by atoms with van der Waals surface area (Å²) < 4.78 is 24.8. The highest BCUT2D eigenvalue weighted by Crippen LogP contribution is 2.51. The van der Waals surface area contributed by atoms with Gasteiger partial charge in [0.05, 0.1) is 6.10 Å². The van der Waals surface area contributed by atoms with Gasteiger partial charge < -0.3 is 18.3 Å². The fourth-order valence-corrected chi connectivity index (χ4v) is 8.76. The Bertz CT molecular complexity index is 652. The van der Waals surface area contributed by atoms with Crippen LogP contribution in [0, 0.1) is 11.3 Å². The fourth-order valence-electron chi connectivity index (χ4n) is 4.96. The van der Waals surface area contributed by atoms with E-state index in [1.54, 1.807) is 6.08 Å². The van der Waals surface area contributed by atoms with Gasteiger partial charge in [-0.25, -0.2) is 0 Å². The van der Waals surface area contributed by atoms with E-state index in [2.05, 4.69) is 34.6 Å². The van der Waals surface area contributed by atoms with Gasteiger partial charge in [-0.15, -0.1) is 0 Å². The maximum Gasteiger partial charge on any atom is 0.343 e. The quantitative estimate of drug-likeness (QED) is 0.284. The van der Waals surface area contributed by atoms with Gasteiger partial charge >= 0.3 is 20.5 Å². The fraction of sp³-hybridized carbons (Fsp3) is 0.818. The lowest BCUT2D eigenvalue weighted by molar-refractivity contribution is -0.204. The van der Waals surface area contributed by atoms with Crippen molar-refractivity contribution in [3.05, 3.63) is 12.2 Å². The van der Waals surface area contributed by atoms with Gasteiger partial charge in [0.25, 0.3) is 0 Å². The average Bonchev–Trinajstić information content (AvgIpc) is 2.65. The Morgan fingerprint density at radius 2 is 1.79 bits per heavy atom. The highest BCUT2D eigenvalue weighted by Gasteiger charge is 2.66. The molecule has 4 aliphatic rings. The molecule has 0 amide bonds. The van der Waals surface area contributed by atoms with Crippen molar-refractivity contribution in [2.45, 2.75) is 96.6 Å². The van der Waals surface area contributed by atoms with E-state index >= 15 is 0 Å². The second kappa shape index (κ2) is 8.51. The summed E-state index contributed by atoms with van der Waals surface area (Å²) in [6.07, 6.45) is 5.64. The van der Waals surface area contributed by atoms with Crippen LogP contribution in [0.15, 0.2) is 12.2 Å². The van der Waals surface area contributed by atoms with Crippen molar-refractivity contribution >= 4 is 20.5 Å². The summed E-state index contributed by atoms with van der Waals surface area (Å²) >= 11 is 0. The molecule has 2 bridgehead atoms. The summed E-state index contributed by atoms with van der Waals surface area (Å²) in [7, 11) is -2.74. The van der Waals surface area contributed by atoms with E-state index in [1.807, 2.05) is 13.0 Å². The maximum absolute atomic E-state index is 13.4. The number of hydrogen-bond donors (Lipinski definition) is 0. The number of rotatable bonds is 5. The Morgan fingerprint density at radius 3 is 2.38 bits per heavy atom. The van der Waals surface area contributed by atoms with Crippen LogP contribution in [0.4, 0.5) is 0 Å². The third kappa shape index (κ3) is 3.70. The van der Waals surface area contributed by atoms with Gasteiger partial charge in [0.15, 0.2) is 0 Å². The molecular formula is C22H36O6Si. The number of carbonyl (C=O) groups excluding carboxylic acids is 2. The average molecular weight is 425 g/mol. The van der Waals surface area contributed by atoms with Gasteiger partial charge in [-0.2, -0.15) is 0 Å². The lowest BCUT2D eigenvalue weighted by Crippen LogP contribution is -2.67. The van der Waals surface area contributed by atoms with Gasteiger partial charge in [-0.1, -0.05) is 53.5 Å². The van der Waals surface area contributed by atoms with E-state index in [4.69, 9.17) is 18.3 Å². The van der Waals surface area contributed by atoms with Crippen LogP contribution in [-0.4, -0.2) is 45.4 Å². The lowest BCUT2D eigenvalue weighted by atomic mass is 9.66. The van der Waals surface area contributed by atoms with Crippen LogP contribution < -0.4 is 0 Å². The van der Waals surface area contributed by atoms with Crippen LogP contribution in [0.3, 0.4) is 0 Å².